The quantitative estimate of drug-likeness (QED) is 0.518. The van der Waals surface area contributed by atoms with Gasteiger partial charge in [0.15, 0.2) is 0 Å². The first-order chi connectivity index (χ1) is 13.7. The predicted octanol–water partition coefficient (Wildman–Crippen LogP) is 3.70. The van der Waals surface area contributed by atoms with Gasteiger partial charge in [-0.15, -0.1) is 0 Å². The van der Waals surface area contributed by atoms with E-state index in [9.17, 15) is 27.3 Å². The van der Waals surface area contributed by atoms with E-state index >= 15 is 0 Å². The Morgan fingerprint density at radius 2 is 1.90 bits per heavy atom. The summed E-state index contributed by atoms with van der Waals surface area (Å²) in [4.78, 5) is 13.9. The maximum Gasteiger partial charge on any atom is 0.341 e. The van der Waals surface area contributed by atoms with Crippen LogP contribution in [-0.4, -0.2) is 45.3 Å². The number of sulfone groups is 1. The van der Waals surface area contributed by atoms with Crippen LogP contribution in [0.25, 0.3) is 0 Å². The van der Waals surface area contributed by atoms with E-state index < -0.39 is 31.1 Å². The third-order valence-corrected chi connectivity index (χ3v) is 6.53. The number of piperidine rings is 1. The van der Waals surface area contributed by atoms with Crippen molar-refractivity contribution in [2.75, 3.05) is 29.9 Å². The van der Waals surface area contributed by atoms with E-state index in [0.29, 0.717) is 12.6 Å². The fraction of sp³-hybridized carbons (Fsp3) is 0.368. The molecule has 2 aromatic rings. The standard InChI is InChI=1S/C19H21F2N3O4S/c1-22(15-8-5-11-23(13-15)14-6-3-2-4-7-14)17-10-9-16(12-18(17)24(25)26)29(27,28)19(20)21/h2-4,6-7,9-10,12,15,19H,5,8,11,13H2,1H3. The highest BCUT2D eigenvalue weighted by Crippen LogP contribution is 2.34. The molecule has 1 aliphatic rings. The van der Waals surface area contributed by atoms with Gasteiger partial charge in [-0.25, -0.2) is 8.42 Å². The maximum absolute atomic E-state index is 12.8. The van der Waals surface area contributed by atoms with Crippen LogP contribution >= 0.6 is 0 Å². The minimum Gasteiger partial charge on any atom is -0.369 e. The zero-order valence-electron chi connectivity index (χ0n) is 15.7. The number of benzene rings is 2. The lowest BCUT2D eigenvalue weighted by Crippen LogP contribution is -2.47. The minimum atomic E-state index is -4.91. The average Bonchev–Trinajstić information content (AvgIpc) is 2.73. The summed E-state index contributed by atoms with van der Waals surface area (Å²) in [6.07, 6.45) is 1.68. The first-order valence-electron chi connectivity index (χ1n) is 9.05. The van der Waals surface area contributed by atoms with Gasteiger partial charge in [0.05, 0.1) is 9.82 Å². The van der Waals surface area contributed by atoms with Gasteiger partial charge in [0.2, 0.25) is 9.84 Å². The number of hydrogen-bond donors (Lipinski definition) is 0. The predicted molar refractivity (Wildman–Crippen MR) is 106 cm³/mol. The molecule has 1 unspecified atom stereocenters. The molecule has 1 heterocycles. The van der Waals surface area contributed by atoms with Crippen LogP contribution in [0.15, 0.2) is 53.4 Å². The SMILES string of the molecule is CN(c1ccc(S(=O)(=O)C(F)F)cc1[N+](=O)[O-])C1CCCN(c2ccccc2)C1. The van der Waals surface area contributed by atoms with Crippen molar-refractivity contribution in [3.05, 3.63) is 58.6 Å². The van der Waals surface area contributed by atoms with Crippen molar-refractivity contribution in [2.24, 2.45) is 0 Å². The second kappa shape index (κ2) is 8.32. The van der Waals surface area contributed by atoms with Crippen molar-refractivity contribution in [2.45, 2.75) is 29.5 Å². The summed E-state index contributed by atoms with van der Waals surface area (Å²) >= 11 is 0. The second-order valence-electron chi connectivity index (χ2n) is 6.90. The molecule has 0 N–H and O–H groups in total. The minimum absolute atomic E-state index is 0.0554. The largest absolute Gasteiger partial charge is 0.369 e. The molecule has 0 saturated carbocycles. The van der Waals surface area contributed by atoms with E-state index in [1.165, 1.54) is 6.07 Å². The van der Waals surface area contributed by atoms with E-state index in [1.54, 1.807) is 11.9 Å². The number of anilines is 2. The zero-order chi connectivity index (χ0) is 21.2. The van der Waals surface area contributed by atoms with Crippen molar-refractivity contribution < 1.29 is 22.1 Å². The molecule has 1 atom stereocenters. The number of likely N-dealkylation sites (N-methyl/N-ethyl adjacent to an activating group) is 1. The van der Waals surface area contributed by atoms with Crippen LogP contribution in [0.4, 0.5) is 25.8 Å². The molecule has 1 saturated heterocycles. The zero-order valence-corrected chi connectivity index (χ0v) is 16.6. The van der Waals surface area contributed by atoms with Crippen molar-refractivity contribution in [1.29, 1.82) is 0 Å². The van der Waals surface area contributed by atoms with E-state index in [1.807, 2.05) is 30.3 Å². The maximum atomic E-state index is 12.8. The number of nitro groups is 1. The summed E-state index contributed by atoms with van der Waals surface area (Å²) in [6.45, 7) is 1.50. The number of rotatable bonds is 6. The monoisotopic (exact) mass is 425 g/mol. The molecular weight excluding hydrogens is 404 g/mol. The van der Waals surface area contributed by atoms with Gasteiger partial charge in [0.25, 0.3) is 5.69 Å². The summed E-state index contributed by atoms with van der Waals surface area (Å²) < 4.78 is 49.0. The van der Waals surface area contributed by atoms with Gasteiger partial charge in [0.1, 0.15) is 5.69 Å². The smallest absolute Gasteiger partial charge is 0.341 e. The van der Waals surface area contributed by atoms with Crippen LogP contribution in [0.3, 0.4) is 0 Å². The first kappa shape index (κ1) is 21.0. The number of hydrogen-bond acceptors (Lipinski definition) is 6. The summed E-state index contributed by atoms with van der Waals surface area (Å²) in [6, 6.07) is 12.7. The number of halogens is 2. The molecule has 1 aliphatic heterocycles. The van der Waals surface area contributed by atoms with Gasteiger partial charge in [-0.2, -0.15) is 8.78 Å². The second-order valence-corrected chi connectivity index (χ2v) is 8.82. The van der Waals surface area contributed by atoms with Gasteiger partial charge in [-0.3, -0.25) is 10.1 Å². The Morgan fingerprint density at radius 1 is 1.21 bits per heavy atom. The molecule has 0 aliphatic carbocycles. The molecule has 0 aromatic heterocycles. The van der Waals surface area contributed by atoms with Crippen molar-refractivity contribution >= 4 is 26.9 Å². The van der Waals surface area contributed by atoms with E-state index in [4.69, 9.17) is 0 Å². The average molecular weight is 425 g/mol. The summed E-state index contributed by atoms with van der Waals surface area (Å²) in [5.74, 6) is -3.64. The highest BCUT2D eigenvalue weighted by atomic mass is 32.2. The van der Waals surface area contributed by atoms with Crippen LogP contribution in [-0.2, 0) is 9.84 Å². The Labute approximate surface area is 167 Å². The van der Waals surface area contributed by atoms with Gasteiger partial charge >= 0.3 is 5.76 Å². The lowest BCUT2D eigenvalue weighted by atomic mass is 10.0. The number of nitrogens with zero attached hydrogens (tertiary/aromatic N) is 3. The van der Waals surface area contributed by atoms with Crippen molar-refractivity contribution in [3.8, 4) is 0 Å². The number of nitro benzene ring substituents is 1. The molecule has 0 bridgehead atoms. The molecule has 0 radical (unpaired) electrons. The van der Waals surface area contributed by atoms with E-state index in [0.717, 1.165) is 31.1 Å². The highest BCUT2D eigenvalue weighted by Gasteiger charge is 2.32. The summed E-state index contributed by atoms with van der Waals surface area (Å²) in [5, 5.41) is 11.5. The van der Waals surface area contributed by atoms with Crippen LogP contribution in [0.1, 0.15) is 12.8 Å². The summed E-state index contributed by atoms with van der Waals surface area (Å²) in [5.41, 5.74) is 0.743. The van der Waals surface area contributed by atoms with Crippen LogP contribution in [0.5, 0.6) is 0 Å². The molecule has 3 rings (SSSR count). The molecule has 156 valence electrons. The lowest BCUT2D eigenvalue weighted by molar-refractivity contribution is -0.384. The molecule has 0 amide bonds. The molecule has 1 fully saturated rings. The highest BCUT2D eigenvalue weighted by molar-refractivity contribution is 7.91. The fourth-order valence-electron chi connectivity index (χ4n) is 3.57. The Hall–Kier alpha value is -2.75. The van der Waals surface area contributed by atoms with Crippen molar-refractivity contribution in [3.63, 3.8) is 0 Å². The van der Waals surface area contributed by atoms with Crippen LogP contribution in [0.2, 0.25) is 0 Å². The Kier molecular flexibility index (Phi) is 6.02. The molecule has 7 nitrogen and oxygen atoms in total. The fourth-order valence-corrected chi connectivity index (χ4v) is 4.31. The number of para-hydroxylation sites is 1. The topological polar surface area (TPSA) is 83.8 Å². The Balaban J connectivity index is 1.90. The lowest BCUT2D eigenvalue weighted by Gasteiger charge is -2.39. The van der Waals surface area contributed by atoms with Gasteiger partial charge in [0, 0.05) is 37.9 Å². The van der Waals surface area contributed by atoms with E-state index in [2.05, 4.69) is 4.90 Å². The Morgan fingerprint density at radius 3 is 2.52 bits per heavy atom. The van der Waals surface area contributed by atoms with Crippen LogP contribution < -0.4 is 9.80 Å². The first-order valence-corrected chi connectivity index (χ1v) is 10.6. The Bertz CT molecular complexity index is 986. The summed E-state index contributed by atoms with van der Waals surface area (Å²) in [7, 11) is -3.21. The number of alkyl halides is 2. The van der Waals surface area contributed by atoms with Crippen LogP contribution in [0, 0.1) is 10.1 Å². The van der Waals surface area contributed by atoms with Gasteiger partial charge < -0.3 is 9.80 Å². The third-order valence-electron chi connectivity index (χ3n) is 5.15. The molecule has 2 aromatic carbocycles. The van der Waals surface area contributed by atoms with E-state index in [-0.39, 0.29) is 11.7 Å². The third kappa shape index (κ3) is 4.31. The molecule has 0 spiro atoms. The van der Waals surface area contributed by atoms with Crippen molar-refractivity contribution in [1.82, 2.24) is 0 Å². The molecule has 10 heteroatoms. The van der Waals surface area contributed by atoms with Gasteiger partial charge in [-0.05, 0) is 37.1 Å². The van der Waals surface area contributed by atoms with Gasteiger partial charge in [-0.1, -0.05) is 18.2 Å². The molecule has 29 heavy (non-hydrogen) atoms. The molecular formula is C19H21F2N3O4S. The normalized spacial score (nSPS) is 17.4.